The van der Waals surface area contributed by atoms with Crippen molar-refractivity contribution in [2.75, 3.05) is 20.2 Å². The molecule has 0 saturated carbocycles. The van der Waals surface area contributed by atoms with Gasteiger partial charge >= 0.3 is 11.3 Å². The summed E-state index contributed by atoms with van der Waals surface area (Å²) in [6.45, 7) is 6.70. The third-order valence-corrected chi connectivity index (χ3v) is 6.55. The third kappa shape index (κ3) is 3.96. The number of hydrogen-bond acceptors (Lipinski definition) is 7. The standard InChI is InChI=1S/C27H27NO6/c1-15-9-16(2)13-28(12-15)14-21-22(29)8-7-18-19(11-24(30)33-26(18)21)20-10-17-5-4-6-23(32-3)25(17)34-27(20)31/h4-8,10-11,15-16,29H,9,12-14H2,1-3H3/t15-,16+. The Balaban J connectivity index is 1.68. The highest BCUT2D eigenvalue weighted by Crippen LogP contribution is 2.35. The van der Waals surface area contributed by atoms with E-state index in [1.807, 2.05) is 6.07 Å². The van der Waals surface area contributed by atoms with Gasteiger partial charge in [-0.2, -0.15) is 0 Å². The number of rotatable bonds is 4. The normalized spacial score (nSPS) is 19.0. The largest absolute Gasteiger partial charge is 0.507 e. The lowest BCUT2D eigenvalue weighted by atomic mass is 9.91. The molecule has 7 nitrogen and oxygen atoms in total. The fourth-order valence-electron chi connectivity index (χ4n) is 5.26. The van der Waals surface area contributed by atoms with Gasteiger partial charge in [0, 0.05) is 42.0 Å². The average molecular weight is 462 g/mol. The molecule has 7 heteroatoms. The minimum atomic E-state index is -0.597. The number of piperidine rings is 1. The summed E-state index contributed by atoms with van der Waals surface area (Å²) >= 11 is 0. The van der Waals surface area contributed by atoms with Gasteiger partial charge in [-0.3, -0.25) is 4.90 Å². The van der Waals surface area contributed by atoms with Crippen LogP contribution in [0.4, 0.5) is 0 Å². The van der Waals surface area contributed by atoms with Crippen LogP contribution in [0.25, 0.3) is 33.1 Å². The van der Waals surface area contributed by atoms with E-state index in [9.17, 15) is 14.7 Å². The number of likely N-dealkylation sites (tertiary alicyclic amines) is 1. The van der Waals surface area contributed by atoms with Crippen molar-refractivity contribution in [1.29, 1.82) is 0 Å². The Bertz CT molecular complexity index is 1490. The van der Waals surface area contributed by atoms with Crippen LogP contribution in [0.1, 0.15) is 25.8 Å². The minimum Gasteiger partial charge on any atom is -0.507 e. The molecule has 2 aromatic carbocycles. The van der Waals surface area contributed by atoms with Gasteiger partial charge in [-0.05, 0) is 42.5 Å². The maximum absolute atomic E-state index is 13.0. The van der Waals surface area contributed by atoms with Crippen molar-refractivity contribution in [2.24, 2.45) is 11.8 Å². The van der Waals surface area contributed by atoms with Gasteiger partial charge < -0.3 is 18.7 Å². The van der Waals surface area contributed by atoms with E-state index in [2.05, 4.69) is 18.7 Å². The molecule has 2 aromatic heterocycles. The van der Waals surface area contributed by atoms with Crippen LogP contribution < -0.4 is 16.0 Å². The smallest absolute Gasteiger partial charge is 0.344 e. The minimum absolute atomic E-state index is 0.0639. The molecule has 176 valence electrons. The average Bonchev–Trinajstić information content (AvgIpc) is 2.79. The molecule has 34 heavy (non-hydrogen) atoms. The van der Waals surface area contributed by atoms with Gasteiger partial charge in [0.1, 0.15) is 11.3 Å². The molecule has 0 radical (unpaired) electrons. The molecule has 0 bridgehead atoms. The molecule has 1 N–H and O–H groups in total. The zero-order chi connectivity index (χ0) is 24.0. The summed E-state index contributed by atoms with van der Waals surface area (Å²) in [7, 11) is 1.51. The van der Waals surface area contributed by atoms with Crippen molar-refractivity contribution in [3.05, 3.63) is 68.9 Å². The predicted octanol–water partition coefficient (Wildman–Crippen LogP) is 4.76. The molecular formula is C27H27NO6. The number of fused-ring (bicyclic) bond motifs is 2. The van der Waals surface area contributed by atoms with Crippen molar-refractivity contribution in [3.63, 3.8) is 0 Å². The molecule has 2 atom stereocenters. The second-order valence-electron chi connectivity index (χ2n) is 9.39. The number of nitrogens with zero attached hydrogens (tertiary/aromatic N) is 1. The number of hydrogen-bond donors (Lipinski definition) is 1. The van der Waals surface area contributed by atoms with Crippen LogP contribution >= 0.6 is 0 Å². The highest BCUT2D eigenvalue weighted by Gasteiger charge is 2.25. The number of methoxy groups -OCH3 is 1. The highest BCUT2D eigenvalue weighted by atomic mass is 16.5. The van der Waals surface area contributed by atoms with Gasteiger partial charge in [0.25, 0.3) is 0 Å². The quantitative estimate of drug-likeness (QED) is 0.438. The lowest BCUT2D eigenvalue weighted by Gasteiger charge is -2.35. The van der Waals surface area contributed by atoms with E-state index in [4.69, 9.17) is 13.6 Å². The van der Waals surface area contributed by atoms with E-state index in [1.54, 1.807) is 30.3 Å². The third-order valence-electron chi connectivity index (χ3n) is 6.55. The maximum Gasteiger partial charge on any atom is 0.344 e. The zero-order valence-corrected chi connectivity index (χ0v) is 19.5. The van der Waals surface area contributed by atoms with E-state index in [1.165, 1.54) is 19.6 Å². The predicted molar refractivity (Wildman–Crippen MR) is 130 cm³/mol. The Labute approximate surface area is 196 Å². The summed E-state index contributed by atoms with van der Waals surface area (Å²) in [4.78, 5) is 27.9. The number of para-hydroxylation sites is 1. The highest BCUT2D eigenvalue weighted by molar-refractivity contribution is 5.97. The summed E-state index contributed by atoms with van der Waals surface area (Å²) < 4.78 is 16.5. The molecule has 5 rings (SSSR count). The Morgan fingerprint density at radius 2 is 1.76 bits per heavy atom. The molecule has 0 amide bonds. The summed E-state index contributed by atoms with van der Waals surface area (Å²) in [6.07, 6.45) is 1.17. The van der Waals surface area contributed by atoms with E-state index in [-0.39, 0.29) is 11.3 Å². The molecule has 3 heterocycles. The molecule has 0 aliphatic carbocycles. The van der Waals surface area contributed by atoms with Crippen LogP contribution in [-0.4, -0.2) is 30.2 Å². The molecular weight excluding hydrogens is 434 g/mol. The van der Waals surface area contributed by atoms with Crippen LogP contribution in [-0.2, 0) is 6.54 Å². The Morgan fingerprint density at radius 1 is 1.00 bits per heavy atom. The van der Waals surface area contributed by atoms with Crippen LogP contribution in [0.2, 0.25) is 0 Å². The number of ether oxygens (including phenoxy) is 1. The van der Waals surface area contributed by atoms with Crippen LogP contribution in [0.5, 0.6) is 11.5 Å². The molecule has 1 saturated heterocycles. The number of phenols is 1. The summed E-state index contributed by atoms with van der Waals surface area (Å²) in [5.41, 5.74) is 0.653. The Hall–Kier alpha value is -3.58. The first-order valence-electron chi connectivity index (χ1n) is 11.5. The first kappa shape index (κ1) is 22.2. The summed E-state index contributed by atoms with van der Waals surface area (Å²) in [6, 6.07) is 11.6. The van der Waals surface area contributed by atoms with Gasteiger partial charge in [-0.1, -0.05) is 26.0 Å². The van der Waals surface area contributed by atoms with Crippen molar-refractivity contribution >= 4 is 21.9 Å². The summed E-state index contributed by atoms with van der Waals surface area (Å²) in [5, 5.41) is 11.9. The summed E-state index contributed by atoms with van der Waals surface area (Å²) in [5.74, 6) is 1.61. The van der Waals surface area contributed by atoms with Crippen LogP contribution in [0.3, 0.4) is 0 Å². The van der Waals surface area contributed by atoms with Crippen molar-refractivity contribution < 1.29 is 18.7 Å². The number of phenolic OH excluding ortho intramolecular Hbond substituents is 1. The fraction of sp³-hybridized carbons (Fsp3) is 0.333. The van der Waals surface area contributed by atoms with Gasteiger partial charge in [0.2, 0.25) is 0 Å². The zero-order valence-electron chi connectivity index (χ0n) is 19.5. The Morgan fingerprint density at radius 3 is 2.50 bits per heavy atom. The van der Waals surface area contributed by atoms with Crippen molar-refractivity contribution in [2.45, 2.75) is 26.8 Å². The topological polar surface area (TPSA) is 93.1 Å². The second kappa shape index (κ2) is 8.65. The van der Waals surface area contributed by atoms with Crippen molar-refractivity contribution in [1.82, 2.24) is 4.90 Å². The maximum atomic E-state index is 13.0. The van der Waals surface area contributed by atoms with Crippen molar-refractivity contribution in [3.8, 4) is 22.6 Å². The number of aromatic hydroxyl groups is 1. The lowest BCUT2D eigenvalue weighted by molar-refractivity contribution is 0.133. The second-order valence-corrected chi connectivity index (χ2v) is 9.39. The lowest BCUT2D eigenvalue weighted by Crippen LogP contribution is -2.38. The monoisotopic (exact) mass is 461 g/mol. The van der Waals surface area contributed by atoms with E-state index < -0.39 is 11.3 Å². The SMILES string of the molecule is COc1cccc2cc(-c3cc(=O)oc4c(CN5C[C@H](C)C[C@H](C)C5)c(O)ccc34)c(=O)oc12. The molecule has 4 aromatic rings. The van der Waals surface area contributed by atoms with Crippen LogP contribution in [0, 0.1) is 11.8 Å². The number of benzene rings is 2. The molecule has 0 spiro atoms. The Kier molecular flexibility index (Phi) is 5.65. The molecule has 1 aliphatic rings. The fourth-order valence-corrected chi connectivity index (χ4v) is 5.26. The van der Waals surface area contributed by atoms with E-state index >= 15 is 0 Å². The van der Waals surface area contributed by atoms with Gasteiger partial charge in [0.05, 0.1) is 18.2 Å². The van der Waals surface area contributed by atoms with Gasteiger partial charge in [-0.25, -0.2) is 9.59 Å². The first-order chi connectivity index (χ1) is 16.3. The van der Waals surface area contributed by atoms with Gasteiger partial charge in [-0.15, -0.1) is 0 Å². The van der Waals surface area contributed by atoms with Gasteiger partial charge in [0.15, 0.2) is 11.3 Å². The first-order valence-corrected chi connectivity index (χ1v) is 11.5. The molecule has 1 aliphatic heterocycles. The van der Waals surface area contributed by atoms with E-state index in [0.29, 0.717) is 57.2 Å². The molecule has 1 fully saturated rings. The van der Waals surface area contributed by atoms with E-state index in [0.717, 1.165) is 13.1 Å². The molecule has 0 unspecified atom stereocenters. The van der Waals surface area contributed by atoms with Crippen LogP contribution in [0.15, 0.2) is 60.9 Å².